The zero-order valence-corrected chi connectivity index (χ0v) is 14.4. The van der Waals surface area contributed by atoms with Crippen molar-refractivity contribution < 1.29 is 4.79 Å². The lowest BCUT2D eigenvalue weighted by Gasteiger charge is -2.06. The van der Waals surface area contributed by atoms with Gasteiger partial charge in [0.1, 0.15) is 0 Å². The Morgan fingerprint density at radius 2 is 1.92 bits per heavy atom. The largest absolute Gasteiger partial charge is 0.338 e. The van der Waals surface area contributed by atoms with Crippen molar-refractivity contribution in [2.75, 3.05) is 11.9 Å². The summed E-state index contributed by atoms with van der Waals surface area (Å²) in [4.78, 5) is 16.1. The van der Waals surface area contributed by atoms with Gasteiger partial charge >= 0.3 is 6.03 Å². The monoisotopic (exact) mass is 347 g/mol. The van der Waals surface area contributed by atoms with Crippen LogP contribution < -0.4 is 10.6 Å². The van der Waals surface area contributed by atoms with Crippen LogP contribution >= 0.6 is 0 Å². The van der Waals surface area contributed by atoms with Crippen molar-refractivity contribution in [2.45, 2.75) is 18.9 Å². The lowest BCUT2D eigenvalue weighted by atomic mass is 10.1. The second kappa shape index (κ2) is 7.39. The van der Waals surface area contributed by atoms with Gasteiger partial charge in [-0.25, -0.2) is 4.79 Å². The molecule has 1 saturated carbocycles. The van der Waals surface area contributed by atoms with Crippen LogP contribution in [0.15, 0.2) is 67.1 Å². The minimum absolute atomic E-state index is 0.210. The maximum Gasteiger partial charge on any atom is 0.320 e. The zero-order chi connectivity index (χ0) is 17.8. The van der Waals surface area contributed by atoms with Crippen molar-refractivity contribution >= 4 is 11.8 Å². The van der Waals surface area contributed by atoms with Gasteiger partial charge in [0.25, 0.3) is 0 Å². The Balaban J connectivity index is 1.23. The molecule has 2 atom stereocenters. The Morgan fingerprint density at radius 3 is 2.73 bits per heavy atom. The molecule has 0 bridgehead atoms. The number of carbonyl (C=O) groups is 1. The first-order valence-corrected chi connectivity index (χ1v) is 8.80. The van der Waals surface area contributed by atoms with E-state index in [4.69, 9.17) is 0 Å². The van der Waals surface area contributed by atoms with Gasteiger partial charge in [0.2, 0.25) is 0 Å². The number of benzene rings is 1. The Labute approximate surface area is 152 Å². The normalized spacial score (nSPS) is 18.3. The number of nitrogens with zero attached hydrogens (tertiary/aromatic N) is 3. The average Bonchev–Trinajstić information content (AvgIpc) is 3.34. The summed E-state index contributed by atoms with van der Waals surface area (Å²) in [6.45, 7) is 1.33. The molecule has 1 aromatic carbocycles. The molecule has 0 saturated heterocycles. The average molecular weight is 347 g/mol. The van der Waals surface area contributed by atoms with Crippen LogP contribution in [0.5, 0.6) is 0 Å². The molecule has 3 aromatic rings. The van der Waals surface area contributed by atoms with Crippen LogP contribution in [0.2, 0.25) is 0 Å². The Hall–Kier alpha value is -3.15. The highest BCUT2D eigenvalue weighted by Gasteiger charge is 2.38. The van der Waals surface area contributed by atoms with Gasteiger partial charge in [0.15, 0.2) is 5.82 Å². The van der Waals surface area contributed by atoms with E-state index in [-0.39, 0.29) is 6.03 Å². The maximum atomic E-state index is 12.1. The highest BCUT2D eigenvalue weighted by Crippen LogP contribution is 2.46. The SMILES string of the molecule is O=C(NC[C@@H]1C[C@H]1c1ccccc1)Nc1ccn(Cc2ccncc2)n1. The van der Waals surface area contributed by atoms with Gasteiger partial charge in [-0.2, -0.15) is 5.10 Å². The van der Waals surface area contributed by atoms with E-state index in [0.29, 0.717) is 30.7 Å². The summed E-state index contributed by atoms with van der Waals surface area (Å²) in [6, 6.07) is 15.9. The third-order valence-corrected chi connectivity index (χ3v) is 4.65. The van der Waals surface area contributed by atoms with Crippen LogP contribution in [0.3, 0.4) is 0 Å². The predicted molar refractivity (Wildman–Crippen MR) is 99.9 cm³/mol. The number of amides is 2. The number of urea groups is 1. The number of pyridine rings is 1. The van der Waals surface area contributed by atoms with Crippen LogP contribution in [-0.4, -0.2) is 27.3 Å². The van der Waals surface area contributed by atoms with Gasteiger partial charge in [0, 0.05) is 31.2 Å². The molecule has 2 N–H and O–H groups in total. The van der Waals surface area contributed by atoms with Crippen molar-refractivity contribution in [1.82, 2.24) is 20.1 Å². The van der Waals surface area contributed by atoms with Crippen LogP contribution in [0.1, 0.15) is 23.5 Å². The van der Waals surface area contributed by atoms with Gasteiger partial charge in [0.05, 0.1) is 6.54 Å². The number of hydrogen-bond acceptors (Lipinski definition) is 3. The van der Waals surface area contributed by atoms with Crippen LogP contribution in [0.4, 0.5) is 10.6 Å². The van der Waals surface area contributed by atoms with Crippen molar-refractivity contribution in [2.24, 2.45) is 5.92 Å². The summed E-state index contributed by atoms with van der Waals surface area (Å²) in [5, 5.41) is 10.1. The molecule has 132 valence electrons. The molecule has 1 fully saturated rings. The smallest absolute Gasteiger partial charge is 0.320 e. The summed E-state index contributed by atoms with van der Waals surface area (Å²) in [5.41, 5.74) is 2.47. The molecule has 1 aliphatic rings. The van der Waals surface area contributed by atoms with E-state index < -0.39 is 0 Å². The number of carbonyl (C=O) groups excluding carboxylic acids is 1. The molecule has 6 nitrogen and oxygen atoms in total. The lowest BCUT2D eigenvalue weighted by Crippen LogP contribution is -2.30. The van der Waals surface area contributed by atoms with Gasteiger partial charge in [-0.3, -0.25) is 15.0 Å². The van der Waals surface area contributed by atoms with Crippen molar-refractivity contribution in [3.63, 3.8) is 0 Å². The molecule has 4 rings (SSSR count). The molecule has 2 heterocycles. The first kappa shape index (κ1) is 16.3. The van der Waals surface area contributed by atoms with E-state index in [1.807, 2.05) is 24.4 Å². The van der Waals surface area contributed by atoms with E-state index in [9.17, 15) is 4.79 Å². The van der Waals surface area contributed by atoms with E-state index in [1.54, 1.807) is 23.1 Å². The second-order valence-corrected chi connectivity index (χ2v) is 6.60. The van der Waals surface area contributed by atoms with Crippen molar-refractivity contribution in [3.8, 4) is 0 Å². The van der Waals surface area contributed by atoms with Gasteiger partial charge < -0.3 is 5.32 Å². The predicted octanol–water partition coefficient (Wildman–Crippen LogP) is 3.25. The molecular weight excluding hydrogens is 326 g/mol. The lowest BCUT2D eigenvalue weighted by molar-refractivity contribution is 0.251. The van der Waals surface area contributed by atoms with Crippen LogP contribution in [0.25, 0.3) is 0 Å². The zero-order valence-electron chi connectivity index (χ0n) is 14.4. The van der Waals surface area contributed by atoms with Crippen molar-refractivity contribution in [1.29, 1.82) is 0 Å². The fraction of sp³-hybridized carbons (Fsp3) is 0.250. The van der Waals surface area contributed by atoms with E-state index in [2.05, 4.69) is 45.0 Å². The molecular formula is C20H21N5O. The van der Waals surface area contributed by atoms with E-state index in [1.165, 1.54) is 5.56 Å². The highest BCUT2D eigenvalue weighted by atomic mass is 16.2. The molecule has 6 heteroatoms. The third kappa shape index (κ3) is 4.08. The number of nitrogens with one attached hydrogen (secondary N) is 2. The molecule has 0 aliphatic heterocycles. The van der Waals surface area contributed by atoms with Gasteiger partial charge in [-0.1, -0.05) is 30.3 Å². The number of rotatable bonds is 6. The molecule has 2 aromatic heterocycles. The minimum atomic E-state index is -0.210. The third-order valence-electron chi connectivity index (χ3n) is 4.65. The summed E-state index contributed by atoms with van der Waals surface area (Å²) < 4.78 is 1.79. The fourth-order valence-corrected chi connectivity index (χ4v) is 3.16. The number of anilines is 1. The van der Waals surface area contributed by atoms with Gasteiger partial charge in [-0.05, 0) is 41.5 Å². The molecule has 0 radical (unpaired) electrons. The minimum Gasteiger partial charge on any atom is -0.338 e. The Kier molecular flexibility index (Phi) is 4.64. The summed E-state index contributed by atoms with van der Waals surface area (Å²) in [5.74, 6) is 1.63. The van der Waals surface area contributed by atoms with Crippen molar-refractivity contribution in [3.05, 3.63) is 78.2 Å². The summed E-state index contributed by atoms with van der Waals surface area (Å²) >= 11 is 0. The molecule has 2 amide bonds. The quantitative estimate of drug-likeness (QED) is 0.719. The first-order chi connectivity index (χ1) is 12.8. The highest BCUT2D eigenvalue weighted by molar-refractivity contribution is 5.88. The standard InChI is InChI=1S/C20H21N5O/c26-20(22-13-17-12-18(17)16-4-2-1-3-5-16)23-19-8-11-25(24-19)14-15-6-9-21-10-7-15/h1-11,17-18H,12-14H2,(H2,22,23,24,26)/t17-,18-/m0/s1. The fourth-order valence-electron chi connectivity index (χ4n) is 3.16. The van der Waals surface area contributed by atoms with E-state index >= 15 is 0 Å². The summed E-state index contributed by atoms with van der Waals surface area (Å²) in [6.07, 6.45) is 6.49. The maximum absolute atomic E-state index is 12.1. The second-order valence-electron chi connectivity index (χ2n) is 6.60. The van der Waals surface area contributed by atoms with E-state index in [0.717, 1.165) is 12.0 Å². The molecule has 1 aliphatic carbocycles. The van der Waals surface area contributed by atoms with Crippen LogP contribution in [-0.2, 0) is 6.54 Å². The number of aromatic nitrogens is 3. The van der Waals surface area contributed by atoms with Crippen LogP contribution in [0, 0.1) is 5.92 Å². The topological polar surface area (TPSA) is 71.8 Å². The van der Waals surface area contributed by atoms with Gasteiger partial charge in [-0.15, -0.1) is 0 Å². The Bertz CT molecular complexity index is 862. The Morgan fingerprint density at radius 1 is 1.12 bits per heavy atom. The molecule has 26 heavy (non-hydrogen) atoms. The summed E-state index contributed by atoms with van der Waals surface area (Å²) in [7, 11) is 0. The first-order valence-electron chi connectivity index (χ1n) is 8.80. The number of hydrogen-bond donors (Lipinski definition) is 2. The molecule has 0 unspecified atom stereocenters. The molecule has 0 spiro atoms.